The molecule has 0 heterocycles. The van der Waals surface area contributed by atoms with Gasteiger partial charge in [0.05, 0.1) is 10.6 Å². The Morgan fingerprint density at radius 1 is 1.07 bits per heavy atom. The second-order valence-electron chi connectivity index (χ2n) is 6.20. The van der Waals surface area contributed by atoms with Gasteiger partial charge in [-0.2, -0.15) is 0 Å². The zero-order valence-corrected chi connectivity index (χ0v) is 16.8. The highest BCUT2D eigenvalue weighted by atomic mass is 32.2. The number of hydrogen-bond acceptors (Lipinski definition) is 4. The highest BCUT2D eigenvalue weighted by Crippen LogP contribution is 2.23. The van der Waals surface area contributed by atoms with Gasteiger partial charge in [-0.05, 0) is 50.7 Å². The Labute approximate surface area is 161 Å². The Morgan fingerprint density at radius 3 is 2.41 bits per heavy atom. The Balaban J connectivity index is 2.23. The lowest BCUT2D eigenvalue weighted by Crippen LogP contribution is -2.38. The fourth-order valence-electron chi connectivity index (χ4n) is 2.78. The molecule has 0 aliphatic rings. The predicted octanol–water partition coefficient (Wildman–Crippen LogP) is 2.63. The molecule has 0 saturated carbocycles. The largest absolute Gasteiger partial charge is 0.350 e. The molecule has 0 radical (unpaired) electrons. The number of anilines is 1. The standard InChI is InChI=1S/C20H27N3O3S/c1-4-21-16(3)15-22-20(24)17-10-9-13-19(14-17)27(25,26)23(5-2)18-11-7-6-8-12-18/h6-14,16,21H,4-5,15H2,1-3H3,(H,22,24)/t16-/m1/s1. The van der Waals surface area contributed by atoms with Gasteiger partial charge in [-0.15, -0.1) is 0 Å². The van der Waals surface area contributed by atoms with Crippen LogP contribution in [-0.2, 0) is 10.0 Å². The van der Waals surface area contributed by atoms with Crippen LogP contribution in [0.25, 0.3) is 0 Å². The number of benzene rings is 2. The molecule has 0 saturated heterocycles. The minimum Gasteiger partial charge on any atom is -0.350 e. The minimum atomic E-state index is -3.76. The molecule has 6 nitrogen and oxygen atoms in total. The lowest BCUT2D eigenvalue weighted by molar-refractivity contribution is 0.0950. The van der Waals surface area contributed by atoms with Crippen LogP contribution >= 0.6 is 0 Å². The third kappa shape index (κ3) is 5.30. The van der Waals surface area contributed by atoms with E-state index in [-0.39, 0.29) is 16.8 Å². The Morgan fingerprint density at radius 2 is 1.78 bits per heavy atom. The smallest absolute Gasteiger partial charge is 0.264 e. The average molecular weight is 390 g/mol. The van der Waals surface area contributed by atoms with E-state index in [0.29, 0.717) is 24.3 Å². The van der Waals surface area contributed by atoms with Crippen molar-refractivity contribution in [3.63, 3.8) is 0 Å². The first kappa shape index (κ1) is 20.9. The lowest BCUT2D eigenvalue weighted by atomic mass is 10.2. The van der Waals surface area contributed by atoms with Gasteiger partial charge in [0.1, 0.15) is 0 Å². The van der Waals surface area contributed by atoms with Crippen molar-refractivity contribution in [2.24, 2.45) is 0 Å². The lowest BCUT2D eigenvalue weighted by Gasteiger charge is -2.23. The maximum atomic E-state index is 13.1. The van der Waals surface area contributed by atoms with Gasteiger partial charge in [0.15, 0.2) is 0 Å². The van der Waals surface area contributed by atoms with Crippen LogP contribution in [0.1, 0.15) is 31.1 Å². The van der Waals surface area contributed by atoms with Gasteiger partial charge in [-0.25, -0.2) is 8.42 Å². The first-order valence-electron chi connectivity index (χ1n) is 9.09. The molecule has 0 aromatic heterocycles. The molecule has 1 atom stereocenters. The number of carbonyl (C=O) groups excluding carboxylic acids is 1. The molecule has 0 spiro atoms. The first-order chi connectivity index (χ1) is 12.9. The third-order valence-corrected chi connectivity index (χ3v) is 6.04. The van der Waals surface area contributed by atoms with Crippen molar-refractivity contribution in [1.82, 2.24) is 10.6 Å². The van der Waals surface area contributed by atoms with Gasteiger partial charge in [0, 0.05) is 24.7 Å². The number of hydrogen-bond donors (Lipinski definition) is 2. The van der Waals surface area contributed by atoms with Crippen LogP contribution in [0.3, 0.4) is 0 Å². The Kier molecular flexibility index (Phi) is 7.38. The molecule has 146 valence electrons. The topological polar surface area (TPSA) is 78.5 Å². The average Bonchev–Trinajstić information content (AvgIpc) is 2.67. The normalized spacial score (nSPS) is 12.4. The minimum absolute atomic E-state index is 0.0978. The summed E-state index contributed by atoms with van der Waals surface area (Å²) in [6, 6.07) is 15.2. The molecule has 7 heteroatoms. The van der Waals surface area contributed by atoms with E-state index >= 15 is 0 Å². The van der Waals surface area contributed by atoms with Crippen molar-refractivity contribution < 1.29 is 13.2 Å². The van der Waals surface area contributed by atoms with Gasteiger partial charge in [0.25, 0.3) is 15.9 Å². The van der Waals surface area contributed by atoms with Crippen molar-refractivity contribution >= 4 is 21.6 Å². The van der Waals surface area contributed by atoms with E-state index in [9.17, 15) is 13.2 Å². The zero-order chi connectivity index (χ0) is 19.9. The summed E-state index contributed by atoms with van der Waals surface area (Å²) >= 11 is 0. The second kappa shape index (κ2) is 9.53. The SMILES string of the molecule is CCN[C@H](C)CNC(=O)c1cccc(S(=O)(=O)N(CC)c2ccccc2)c1. The van der Waals surface area contributed by atoms with Crippen molar-refractivity contribution in [2.45, 2.75) is 31.7 Å². The number of nitrogens with zero attached hydrogens (tertiary/aromatic N) is 1. The molecule has 0 fully saturated rings. The van der Waals surface area contributed by atoms with Crippen LogP contribution in [0.4, 0.5) is 5.69 Å². The first-order valence-corrected chi connectivity index (χ1v) is 10.5. The number of likely N-dealkylation sites (N-methyl/N-ethyl adjacent to an activating group) is 1. The van der Waals surface area contributed by atoms with Crippen molar-refractivity contribution in [3.8, 4) is 0 Å². The van der Waals surface area contributed by atoms with Crippen LogP contribution < -0.4 is 14.9 Å². The monoisotopic (exact) mass is 389 g/mol. The highest BCUT2D eigenvalue weighted by Gasteiger charge is 2.24. The molecule has 1 amide bonds. The molecule has 2 aromatic carbocycles. The van der Waals surface area contributed by atoms with E-state index in [1.807, 2.05) is 19.9 Å². The van der Waals surface area contributed by atoms with E-state index in [2.05, 4.69) is 10.6 Å². The van der Waals surface area contributed by atoms with Crippen molar-refractivity contribution in [1.29, 1.82) is 0 Å². The molecule has 2 aromatic rings. The maximum Gasteiger partial charge on any atom is 0.264 e. The zero-order valence-electron chi connectivity index (χ0n) is 16.0. The second-order valence-corrected chi connectivity index (χ2v) is 8.06. The molecule has 27 heavy (non-hydrogen) atoms. The van der Waals surface area contributed by atoms with Crippen molar-refractivity contribution in [2.75, 3.05) is 23.9 Å². The Hall–Kier alpha value is -2.38. The van der Waals surface area contributed by atoms with Crippen LogP contribution in [0.5, 0.6) is 0 Å². The maximum absolute atomic E-state index is 13.1. The quantitative estimate of drug-likeness (QED) is 0.691. The van der Waals surface area contributed by atoms with Crippen LogP contribution in [0, 0.1) is 0 Å². The number of rotatable bonds is 9. The predicted molar refractivity (Wildman–Crippen MR) is 109 cm³/mol. The Bertz CT molecular complexity index is 854. The number of para-hydroxylation sites is 1. The summed E-state index contributed by atoms with van der Waals surface area (Å²) in [6.45, 7) is 7.33. The molecule has 0 bridgehead atoms. The summed E-state index contributed by atoms with van der Waals surface area (Å²) in [7, 11) is -3.76. The summed E-state index contributed by atoms with van der Waals surface area (Å²) < 4.78 is 27.5. The van der Waals surface area contributed by atoms with Crippen LogP contribution in [0.15, 0.2) is 59.5 Å². The van der Waals surface area contributed by atoms with Gasteiger partial charge in [-0.1, -0.05) is 31.2 Å². The summed E-state index contributed by atoms with van der Waals surface area (Å²) in [6.07, 6.45) is 0. The molecular formula is C20H27N3O3S. The number of nitrogens with one attached hydrogen (secondary N) is 2. The molecule has 0 aliphatic heterocycles. The summed E-state index contributed by atoms with van der Waals surface area (Å²) in [5.74, 6) is -0.292. The molecule has 0 unspecified atom stereocenters. The molecule has 0 aliphatic carbocycles. The van der Waals surface area contributed by atoms with E-state index in [1.165, 1.54) is 16.4 Å². The highest BCUT2D eigenvalue weighted by molar-refractivity contribution is 7.92. The number of carbonyl (C=O) groups is 1. The third-order valence-electron chi connectivity index (χ3n) is 4.14. The van der Waals surface area contributed by atoms with Gasteiger partial charge in [-0.3, -0.25) is 9.10 Å². The summed E-state index contributed by atoms with van der Waals surface area (Å²) in [4.78, 5) is 12.5. The van der Waals surface area contributed by atoms with Gasteiger partial charge >= 0.3 is 0 Å². The van der Waals surface area contributed by atoms with Gasteiger partial charge in [0.2, 0.25) is 0 Å². The van der Waals surface area contributed by atoms with E-state index < -0.39 is 10.0 Å². The fraction of sp³-hybridized carbons (Fsp3) is 0.350. The molecule has 2 N–H and O–H groups in total. The van der Waals surface area contributed by atoms with Crippen molar-refractivity contribution in [3.05, 3.63) is 60.2 Å². The fourth-order valence-corrected chi connectivity index (χ4v) is 4.30. The van der Waals surface area contributed by atoms with E-state index in [4.69, 9.17) is 0 Å². The summed E-state index contributed by atoms with van der Waals surface area (Å²) in [5.41, 5.74) is 0.915. The number of amides is 1. The van der Waals surface area contributed by atoms with Crippen LogP contribution in [-0.4, -0.2) is 40.0 Å². The summed E-state index contributed by atoms with van der Waals surface area (Å²) in [5, 5.41) is 6.04. The van der Waals surface area contributed by atoms with E-state index in [1.54, 1.807) is 43.3 Å². The van der Waals surface area contributed by atoms with E-state index in [0.717, 1.165) is 6.54 Å². The van der Waals surface area contributed by atoms with Gasteiger partial charge < -0.3 is 10.6 Å². The molecular weight excluding hydrogens is 362 g/mol. The van der Waals surface area contributed by atoms with Crippen LogP contribution in [0.2, 0.25) is 0 Å². The molecule has 2 rings (SSSR count). The number of sulfonamides is 1.